The lowest BCUT2D eigenvalue weighted by molar-refractivity contribution is -0.126. The molecule has 2 bridgehead atoms. The summed E-state index contributed by atoms with van der Waals surface area (Å²) in [6, 6.07) is 5.09. The number of amides is 1. The summed E-state index contributed by atoms with van der Waals surface area (Å²) in [4.78, 5) is 12.2. The Labute approximate surface area is 113 Å². The van der Waals surface area contributed by atoms with E-state index < -0.39 is 0 Å². The topological polar surface area (TPSA) is 54.3 Å². The first-order valence-electron chi connectivity index (χ1n) is 7.31. The fourth-order valence-electron chi connectivity index (χ4n) is 3.35. The molecule has 0 saturated carbocycles. The average molecular weight is 262 g/mol. The fraction of sp³-hybridized carbons (Fsp3) is 0.667. The Hall–Kier alpha value is -1.29. The van der Waals surface area contributed by atoms with Gasteiger partial charge in [0.25, 0.3) is 0 Å². The molecule has 1 amide bonds. The molecule has 3 rings (SSSR count). The van der Waals surface area contributed by atoms with Crippen molar-refractivity contribution in [1.29, 1.82) is 0 Å². The van der Waals surface area contributed by atoms with Gasteiger partial charge in [-0.15, -0.1) is 0 Å². The highest BCUT2D eigenvalue weighted by molar-refractivity contribution is 5.80. The van der Waals surface area contributed by atoms with Crippen LogP contribution in [0.25, 0.3) is 0 Å². The Morgan fingerprint density at radius 3 is 3.11 bits per heavy atom. The Kier molecular flexibility index (Phi) is 3.60. The van der Waals surface area contributed by atoms with Crippen molar-refractivity contribution < 1.29 is 9.21 Å². The number of hydrogen-bond donors (Lipinski definition) is 2. The number of furan rings is 1. The summed E-state index contributed by atoms with van der Waals surface area (Å²) in [5.74, 6) is 1.40. The van der Waals surface area contributed by atoms with Gasteiger partial charge in [-0.05, 0) is 44.7 Å². The van der Waals surface area contributed by atoms with Crippen LogP contribution in [0.5, 0.6) is 0 Å². The minimum Gasteiger partial charge on any atom is -0.469 e. The molecule has 0 aromatic carbocycles. The van der Waals surface area contributed by atoms with Gasteiger partial charge in [-0.1, -0.05) is 0 Å². The molecule has 2 aliphatic rings. The monoisotopic (exact) mass is 262 g/mol. The molecule has 2 N–H and O–H groups in total. The quantitative estimate of drug-likeness (QED) is 0.851. The van der Waals surface area contributed by atoms with Gasteiger partial charge in [0.1, 0.15) is 5.76 Å². The van der Waals surface area contributed by atoms with E-state index in [1.165, 1.54) is 6.42 Å². The first-order valence-corrected chi connectivity index (χ1v) is 7.31. The zero-order valence-corrected chi connectivity index (χ0v) is 11.4. The third-order valence-electron chi connectivity index (χ3n) is 4.43. The second kappa shape index (κ2) is 5.37. The predicted octanol–water partition coefficient (Wildman–Crippen LogP) is 1.86. The standard InChI is InChI=1S/C15H22N2O2/c1-10(4-6-12-3-2-8-19-12)16-15(18)13-9-11-5-7-14(13)17-11/h2-3,8,10-11,13-14,17H,4-7,9H2,1H3,(H,16,18). The molecule has 19 heavy (non-hydrogen) atoms. The van der Waals surface area contributed by atoms with Crippen molar-refractivity contribution in [3.05, 3.63) is 24.2 Å². The lowest BCUT2D eigenvalue weighted by Crippen LogP contribution is -2.41. The summed E-state index contributed by atoms with van der Waals surface area (Å²) in [5.41, 5.74) is 0. The number of carbonyl (C=O) groups is 1. The Morgan fingerprint density at radius 2 is 2.47 bits per heavy atom. The number of nitrogens with one attached hydrogen (secondary N) is 2. The summed E-state index contributed by atoms with van der Waals surface area (Å²) < 4.78 is 5.31. The van der Waals surface area contributed by atoms with E-state index in [9.17, 15) is 4.79 Å². The van der Waals surface area contributed by atoms with Gasteiger partial charge in [-0.25, -0.2) is 0 Å². The van der Waals surface area contributed by atoms with Gasteiger partial charge in [0, 0.05) is 24.5 Å². The maximum absolute atomic E-state index is 12.2. The van der Waals surface area contributed by atoms with E-state index >= 15 is 0 Å². The zero-order chi connectivity index (χ0) is 13.2. The Balaban J connectivity index is 1.44. The van der Waals surface area contributed by atoms with Crippen molar-refractivity contribution in [2.24, 2.45) is 5.92 Å². The second-order valence-electron chi connectivity index (χ2n) is 5.92. The third kappa shape index (κ3) is 2.84. The summed E-state index contributed by atoms with van der Waals surface area (Å²) in [7, 11) is 0. The number of fused-ring (bicyclic) bond motifs is 2. The van der Waals surface area contributed by atoms with E-state index in [0.29, 0.717) is 12.1 Å². The van der Waals surface area contributed by atoms with Crippen molar-refractivity contribution in [1.82, 2.24) is 10.6 Å². The van der Waals surface area contributed by atoms with Crippen molar-refractivity contribution >= 4 is 5.91 Å². The van der Waals surface area contributed by atoms with Crippen LogP contribution in [0.3, 0.4) is 0 Å². The average Bonchev–Trinajstić information content (AvgIpc) is 3.13. The van der Waals surface area contributed by atoms with Gasteiger partial charge >= 0.3 is 0 Å². The van der Waals surface area contributed by atoms with Crippen molar-refractivity contribution in [3.8, 4) is 0 Å². The number of rotatable bonds is 5. The van der Waals surface area contributed by atoms with Crippen LogP contribution in [0, 0.1) is 5.92 Å². The maximum Gasteiger partial charge on any atom is 0.224 e. The van der Waals surface area contributed by atoms with Gasteiger partial charge in [0.05, 0.1) is 12.2 Å². The molecule has 4 heteroatoms. The second-order valence-corrected chi connectivity index (χ2v) is 5.92. The highest BCUT2D eigenvalue weighted by Gasteiger charge is 2.42. The van der Waals surface area contributed by atoms with Crippen LogP contribution >= 0.6 is 0 Å². The fourth-order valence-corrected chi connectivity index (χ4v) is 3.35. The van der Waals surface area contributed by atoms with E-state index in [2.05, 4.69) is 17.6 Å². The molecule has 4 unspecified atom stereocenters. The highest BCUT2D eigenvalue weighted by Crippen LogP contribution is 2.33. The minimum absolute atomic E-state index is 0.185. The molecule has 4 atom stereocenters. The van der Waals surface area contributed by atoms with Gasteiger partial charge < -0.3 is 15.1 Å². The molecule has 2 aliphatic heterocycles. The number of carbonyl (C=O) groups excluding carboxylic acids is 1. The summed E-state index contributed by atoms with van der Waals surface area (Å²) in [5, 5.41) is 6.66. The van der Waals surface area contributed by atoms with E-state index in [-0.39, 0.29) is 17.9 Å². The Bertz CT molecular complexity index is 429. The van der Waals surface area contributed by atoms with Crippen LogP contribution in [0.1, 0.15) is 38.4 Å². The number of aryl methyl sites for hydroxylation is 1. The largest absolute Gasteiger partial charge is 0.469 e. The van der Waals surface area contributed by atoms with Crippen LogP contribution in [-0.4, -0.2) is 24.0 Å². The first-order chi connectivity index (χ1) is 9.22. The van der Waals surface area contributed by atoms with Crippen molar-refractivity contribution in [2.75, 3.05) is 0 Å². The molecule has 104 valence electrons. The van der Waals surface area contributed by atoms with Crippen LogP contribution in [-0.2, 0) is 11.2 Å². The third-order valence-corrected chi connectivity index (χ3v) is 4.43. The molecule has 3 heterocycles. The first kappa shape index (κ1) is 12.7. The molecular formula is C15H22N2O2. The molecule has 0 aliphatic carbocycles. The molecule has 2 fully saturated rings. The van der Waals surface area contributed by atoms with E-state index in [4.69, 9.17) is 4.42 Å². The molecule has 1 aromatic heterocycles. The molecule has 0 spiro atoms. The maximum atomic E-state index is 12.2. The Morgan fingerprint density at radius 1 is 1.58 bits per heavy atom. The normalized spacial score (nSPS) is 30.5. The lowest BCUT2D eigenvalue weighted by atomic mass is 9.88. The van der Waals surface area contributed by atoms with Crippen LogP contribution < -0.4 is 10.6 Å². The summed E-state index contributed by atoms with van der Waals surface area (Å²) >= 11 is 0. The predicted molar refractivity (Wildman–Crippen MR) is 72.7 cm³/mol. The molecule has 4 nitrogen and oxygen atoms in total. The smallest absolute Gasteiger partial charge is 0.224 e. The lowest BCUT2D eigenvalue weighted by Gasteiger charge is -2.22. The number of hydrogen-bond acceptors (Lipinski definition) is 3. The molecular weight excluding hydrogens is 240 g/mol. The van der Waals surface area contributed by atoms with Crippen LogP contribution in [0.15, 0.2) is 22.8 Å². The van der Waals surface area contributed by atoms with E-state index in [0.717, 1.165) is 31.4 Å². The molecule has 0 radical (unpaired) electrons. The van der Waals surface area contributed by atoms with Gasteiger partial charge in [0.15, 0.2) is 0 Å². The minimum atomic E-state index is 0.185. The van der Waals surface area contributed by atoms with Crippen molar-refractivity contribution in [3.63, 3.8) is 0 Å². The molecule has 2 saturated heterocycles. The highest BCUT2D eigenvalue weighted by atomic mass is 16.3. The SMILES string of the molecule is CC(CCc1ccco1)NC(=O)C1CC2CCC1N2. The van der Waals surface area contributed by atoms with Gasteiger partial charge in [-0.2, -0.15) is 0 Å². The molecule has 1 aromatic rings. The van der Waals surface area contributed by atoms with E-state index in [1.54, 1.807) is 6.26 Å². The van der Waals surface area contributed by atoms with Gasteiger partial charge in [-0.3, -0.25) is 4.79 Å². The summed E-state index contributed by atoms with van der Waals surface area (Å²) in [6.07, 6.45) is 6.91. The zero-order valence-electron chi connectivity index (χ0n) is 11.4. The van der Waals surface area contributed by atoms with E-state index in [1.807, 2.05) is 12.1 Å². The van der Waals surface area contributed by atoms with Gasteiger partial charge in [0.2, 0.25) is 5.91 Å². The summed E-state index contributed by atoms with van der Waals surface area (Å²) in [6.45, 7) is 2.07. The van der Waals surface area contributed by atoms with Crippen molar-refractivity contribution in [2.45, 2.75) is 57.2 Å². The van der Waals surface area contributed by atoms with Crippen LogP contribution in [0.2, 0.25) is 0 Å². The van der Waals surface area contributed by atoms with Crippen LogP contribution in [0.4, 0.5) is 0 Å².